The van der Waals surface area contributed by atoms with Crippen molar-refractivity contribution in [2.45, 2.75) is 23.6 Å². The Kier molecular flexibility index (Phi) is 5.01. The number of aromatic nitrogens is 2. The predicted octanol–water partition coefficient (Wildman–Crippen LogP) is 2.99. The molecule has 0 fully saturated rings. The standard InChI is InChI=1S/C17H16N2O3S2/c1-3-13(17(20)21)24-16-14-12(8-23-15(14)18-9-19-16)10-4-6-11(22-2)7-5-10/h4-9,13H,3H2,1-2H3,(H,20,21)/p-1/t13-/m1/s1. The number of carboxylic acids is 1. The second-order valence-corrected chi connectivity index (χ2v) is 7.12. The number of benzene rings is 1. The van der Waals surface area contributed by atoms with E-state index in [4.69, 9.17) is 4.74 Å². The number of carbonyl (C=O) groups excluding carboxylic acids is 1. The van der Waals surface area contributed by atoms with Crippen LogP contribution in [0.3, 0.4) is 0 Å². The monoisotopic (exact) mass is 359 g/mol. The number of methoxy groups -OCH3 is 1. The highest BCUT2D eigenvalue weighted by molar-refractivity contribution is 8.00. The lowest BCUT2D eigenvalue weighted by Crippen LogP contribution is -2.33. The molecule has 0 saturated carbocycles. The van der Waals surface area contributed by atoms with Gasteiger partial charge in [-0.1, -0.05) is 30.8 Å². The third-order valence-corrected chi connectivity index (χ3v) is 5.85. The fourth-order valence-corrected chi connectivity index (χ4v) is 4.30. The molecule has 0 aliphatic heterocycles. The quantitative estimate of drug-likeness (QED) is 0.497. The van der Waals surface area contributed by atoms with Crippen molar-refractivity contribution in [2.75, 3.05) is 7.11 Å². The van der Waals surface area contributed by atoms with E-state index in [9.17, 15) is 9.90 Å². The number of hydrogen-bond acceptors (Lipinski definition) is 7. The molecule has 2 aromatic heterocycles. The molecule has 3 rings (SSSR count). The van der Waals surface area contributed by atoms with Crippen molar-refractivity contribution >= 4 is 39.3 Å². The highest BCUT2D eigenvalue weighted by Crippen LogP contribution is 2.39. The van der Waals surface area contributed by atoms with Crippen LogP contribution in [-0.2, 0) is 4.79 Å². The molecule has 0 aliphatic carbocycles. The molecule has 0 radical (unpaired) electrons. The Labute approximate surface area is 147 Å². The number of carboxylic acid groups (broad SMARTS) is 1. The van der Waals surface area contributed by atoms with E-state index in [1.165, 1.54) is 29.4 Å². The van der Waals surface area contributed by atoms with E-state index in [-0.39, 0.29) is 0 Å². The minimum Gasteiger partial charge on any atom is -0.549 e. The lowest BCUT2D eigenvalue weighted by molar-refractivity contribution is -0.304. The fraction of sp³-hybridized carbons (Fsp3) is 0.235. The van der Waals surface area contributed by atoms with Gasteiger partial charge in [0, 0.05) is 10.9 Å². The summed E-state index contributed by atoms with van der Waals surface area (Å²) in [5.74, 6) is -0.289. The van der Waals surface area contributed by atoms with Crippen LogP contribution in [0.2, 0.25) is 0 Å². The van der Waals surface area contributed by atoms with Crippen LogP contribution in [0.1, 0.15) is 13.3 Å². The molecule has 0 N–H and O–H groups in total. The van der Waals surface area contributed by atoms with Gasteiger partial charge in [-0.15, -0.1) is 11.3 Å². The van der Waals surface area contributed by atoms with Crippen LogP contribution in [0.25, 0.3) is 21.3 Å². The van der Waals surface area contributed by atoms with Gasteiger partial charge < -0.3 is 14.6 Å². The normalized spacial score (nSPS) is 12.2. The first-order valence-electron chi connectivity index (χ1n) is 7.38. The van der Waals surface area contributed by atoms with Crippen molar-refractivity contribution < 1.29 is 14.6 Å². The summed E-state index contributed by atoms with van der Waals surface area (Å²) >= 11 is 2.73. The van der Waals surface area contributed by atoms with Crippen molar-refractivity contribution in [3.63, 3.8) is 0 Å². The Bertz CT molecular complexity index is 862. The molecule has 1 atom stereocenters. The highest BCUT2D eigenvalue weighted by atomic mass is 32.2. The Morgan fingerprint density at radius 2 is 2.08 bits per heavy atom. The Hall–Kier alpha value is -2.12. The molecule has 0 amide bonds. The smallest absolute Gasteiger partial charge is 0.128 e. The highest BCUT2D eigenvalue weighted by Gasteiger charge is 2.17. The lowest BCUT2D eigenvalue weighted by atomic mass is 10.1. The summed E-state index contributed by atoms with van der Waals surface area (Å²) < 4.78 is 5.19. The molecule has 3 aromatic rings. The molecule has 2 heterocycles. The maximum absolute atomic E-state index is 11.2. The number of thioether (sulfide) groups is 1. The van der Waals surface area contributed by atoms with Gasteiger partial charge in [0.2, 0.25) is 0 Å². The maximum Gasteiger partial charge on any atom is 0.128 e. The van der Waals surface area contributed by atoms with E-state index in [1.54, 1.807) is 7.11 Å². The number of ether oxygens (including phenoxy) is 1. The van der Waals surface area contributed by atoms with Crippen LogP contribution >= 0.6 is 23.1 Å². The summed E-state index contributed by atoms with van der Waals surface area (Å²) in [4.78, 5) is 20.7. The van der Waals surface area contributed by atoms with Crippen molar-refractivity contribution in [2.24, 2.45) is 0 Å². The van der Waals surface area contributed by atoms with Crippen LogP contribution in [0, 0.1) is 0 Å². The Morgan fingerprint density at radius 1 is 1.33 bits per heavy atom. The number of hydrogen-bond donors (Lipinski definition) is 0. The van der Waals surface area contributed by atoms with Gasteiger partial charge in [0.1, 0.15) is 21.9 Å². The zero-order chi connectivity index (χ0) is 17.1. The largest absolute Gasteiger partial charge is 0.549 e. The van der Waals surface area contributed by atoms with Crippen LogP contribution in [0.4, 0.5) is 0 Å². The third-order valence-electron chi connectivity index (χ3n) is 3.62. The molecular weight excluding hydrogens is 344 g/mol. The molecule has 5 nitrogen and oxygen atoms in total. The summed E-state index contributed by atoms with van der Waals surface area (Å²) in [5, 5.41) is 14.2. The average molecular weight is 359 g/mol. The lowest BCUT2D eigenvalue weighted by Gasteiger charge is -2.15. The van der Waals surface area contributed by atoms with Crippen molar-refractivity contribution in [3.8, 4) is 16.9 Å². The van der Waals surface area contributed by atoms with E-state index >= 15 is 0 Å². The summed E-state index contributed by atoms with van der Waals surface area (Å²) in [6.07, 6.45) is 1.95. The SMILES string of the molecule is CC[C@@H](Sc1ncnc2scc(-c3ccc(OC)cc3)c12)C(=O)[O-]. The number of carbonyl (C=O) groups is 1. The maximum atomic E-state index is 11.2. The van der Waals surface area contributed by atoms with Crippen molar-refractivity contribution in [3.05, 3.63) is 36.0 Å². The zero-order valence-electron chi connectivity index (χ0n) is 13.2. The summed E-state index contributed by atoms with van der Waals surface area (Å²) in [5.41, 5.74) is 2.01. The molecule has 124 valence electrons. The molecule has 1 aromatic carbocycles. The van der Waals surface area contributed by atoms with Gasteiger partial charge in [-0.05, 0) is 24.1 Å². The van der Waals surface area contributed by atoms with Crippen LogP contribution in [-0.4, -0.2) is 28.3 Å². The second kappa shape index (κ2) is 7.19. The molecule has 0 spiro atoms. The molecule has 7 heteroatoms. The van der Waals surface area contributed by atoms with Gasteiger partial charge in [0.25, 0.3) is 0 Å². The molecule has 0 saturated heterocycles. The molecular formula is C17H15N2O3S2-. The van der Waals surface area contributed by atoms with Gasteiger partial charge >= 0.3 is 0 Å². The molecule has 24 heavy (non-hydrogen) atoms. The van der Waals surface area contributed by atoms with Gasteiger partial charge in [-0.2, -0.15) is 0 Å². The van der Waals surface area contributed by atoms with Crippen LogP contribution in [0.15, 0.2) is 41.0 Å². The summed E-state index contributed by atoms with van der Waals surface area (Å²) in [7, 11) is 1.63. The van der Waals surface area contributed by atoms with E-state index in [0.717, 1.165) is 27.1 Å². The topological polar surface area (TPSA) is 75.1 Å². The first-order valence-corrected chi connectivity index (χ1v) is 9.14. The summed E-state index contributed by atoms with van der Waals surface area (Å²) in [6, 6.07) is 7.73. The average Bonchev–Trinajstić information content (AvgIpc) is 3.04. The predicted molar refractivity (Wildman–Crippen MR) is 94.3 cm³/mol. The third kappa shape index (κ3) is 3.22. The molecule has 0 unspecified atom stereocenters. The molecule has 0 bridgehead atoms. The summed E-state index contributed by atoms with van der Waals surface area (Å²) in [6.45, 7) is 1.82. The zero-order valence-corrected chi connectivity index (χ0v) is 14.8. The van der Waals surface area contributed by atoms with E-state index < -0.39 is 11.2 Å². The first-order chi connectivity index (χ1) is 11.6. The fourth-order valence-electron chi connectivity index (χ4n) is 2.35. The number of rotatable bonds is 6. The second-order valence-electron chi connectivity index (χ2n) is 5.07. The molecule has 0 aliphatic rings. The van der Waals surface area contributed by atoms with Crippen LogP contribution < -0.4 is 9.84 Å². The number of fused-ring (bicyclic) bond motifs is 1. The number of nitrogens with zero attached hydrogens (tertiary/aromatic N) is 2. The van der Waals surface area contributed by atoms with E-state index in [1.807, 2.05) is 36.6 Å². The Balaban J connectivity index is 2.07. The van der Waals surface area contributed by atoms with E-state index in [0.29, 0.717) is 11.4 Å². The van der Waals surface area contributed by atoms with Gasteiger partial charge in [-0.3, -0.25) is 0 Å². The number of aliphatic carboxylic acids is 1. The van der Waals surface area contributed by atoms with Crippen molar-refractivity contribution in [1.82, 2.24) is 9.97 Å². The van der Waals surface area contributed by atoms with E-state index in [2.05, 4.69) is 9.97 Å². The first kappa shape index (κ1) is 16.7. The van der Waals surface area contributed by atoms with Crippen LogP contribution in [0.5, 0.6) is 5.75 Å². The number of thiophene rings is 1. The minimum absolute atomic E-state index is 0.473. The van der Waals surface area contributed by atoms with Gasteiger partial charge in [0.05, 0.1) is 23.7 Å². The Morgan fingerprint density at radius 3 is 2.71 bits per heavy atom. The van der Waals surface area contributed by atoms with Gasteiger partial charge in [0.15, 0.2) is 0 Å². The minimum atomic E-state index is -1.07. The van der Waals surface area contributed by atoms with Gasteiger partial charge in [-0.25, -0.2) is 9.97 Å². The van der Waals surface area contributed by atoms with Crippen molar-refractivity contribution in [1.29, 1.82) is 0 Å².